The minimum atomic E-state index is 0.159. The number of anilines is 3. The zero-order valence-electron chi connectivity index (χ0n) is 16.7. The summed E-state index contributed by atoms with van der Waals surface area (Å²) in [6, 6.07) is 19.0. The Hall–Kier alpha value is -3.67. The molecule has 0 saturated carbocycles. The third-order valence-corrected chi connectivity index (χ3v) is 4.78. The van der Waals surface area contributed by atoms with E-state index in [2.05, 4.69) is 16.8 Å². The minimum absolute atomic E-state index is 0.159. The third-order valence-electron chi connectivity index (χ3n) is 4.78. The SMILES string of the molecule is CCN(c1cccnc1N(C)C)c1nc(-c2ccccc2O)nc2ccccc12. The van der Waals surface area contributed by atoms with Gasteiger partial charge in [0.05, 0.1) is 16.8 Å². The van der Waals surface area contributed by atoms with Crippen molar-refractivity contribution in [3.05, 3.63) is 66.9 Å². The lowest BCUT2D eigenvalue weighted by atomic mass is 10.1. The highest BCUT2D eigenvalue weighted by Crippen LogP contribution is 2.36. The van der Waals surface area contributed by atoms with Gasteiger partial charge < -0.3 is 14.9 Å². The molecule has 4 aromatic rings. The maximum absolute atomic E-state index is 10.3. The summed E-state index contributed by atoms with van der Waals surface area (Å²) in [5, 5.41) is 11.3. The van der Waals surface area contributed by atoms with Crippen molar-refractivity contribution in [2.75, 3.05) is 30.4 Å². The highest BCUT2D eigenvalue weighted by atomic mass is 16.3. The van der Waals surface area contributed by atoms with Crippen LogP contribution in [-0.2, 0) is 0 Å². The quantitative estimate of drug-likeness (QED) is 0.541. The van der Waals surface area contributed by atoms with E-state index in [-0.39, 0.29) is 5.75 Å². The Morgan fingerprint density at radius 1 is 0.862 bits per heavy atom. The van der Waals surface area contributed by atoms with Crippen LogP contribution in [0.3, 0.4) is 0 Å². The van der Waals surface area contributed by atoms with Crippen LogP contribution in [0.5, 0.6) is 5.75 Å². The molecule has 146 valence electrons. The van der Waals surface area contributed by atoms with Crippen LogP contribution in [0.1, 0.15) is 6.92 Å². The summed E-state index contributed by atoms with van der Waals surface area (Å²) in [4.78, 5) is 18.3. The average molecular weight is 385 g/mol. The molecule has 0 atom stereocenters. The van der Waals surface area contributed by atoms with Gasteiger partial charge in [0.1, 0.15) is 11.6 Å². The van der Waals surface area contributed by atoms with Crippen LogP contribution in [0.2, 0.25) is 0 Å². The van der Waals surface area contributed by atoms with Crippen molar-refractivity contribution in [2.24, 2.45) is 0 Å². The predicted molar refractivity (Wildman–Crippen MR) is 118 cm³/mol. The zero-order valence-corrected chi connectivity index (χ0v) is 16.7. The normalized spacial score (nSPS) is 10.9. The monoisotopic (exact) mass is 385 g/mol. The largest absolute Gasteiger partial charge is 0.507 e. The Bertz CT molecular complexity index is 1160. The lowest BCUT2D eigenvalue weighted by molar-refractivity contribution is 0.477. The van der Waals surface area contributed by atoms with Gasteiger partial charge in [0.25, 0.3) is 0 Å². The number of aromatic hydroxyl groups is 1. The highest BCUT2D eigenvalue weighted by molar-refractivity contribution is 5.94. The molecule has 2 heterocycles. The van der Waals surface area contributed by atoms with E-state index in [1.807, 2.05) is 67.5 Å². The number of phenolic OH excluding ortho intramolecular Hbond substituents is 1. The van der Waals surface area contributed by atoms with E-state index in [4.69, 9.17) is 9.97 Å². The fourth-order valence-corrected chi connectivity index (χ4v) is 3.43. The van der Waals surface area contributed by atoms with Gasteiger partial charge in [0.15, 0.2) is 11.6 Å². The number of para-hydroxylation sites is 2. The second-order valence-electron chi connectivity index (χ2n) is 6.89. The fraction of sp³-hybridized carbons (Fsp3) is 0.174. The summed E-state index contributed by atoms with van der Waals surface area (Å²) >= 11 is 0. The number of hydrogen-bond acceptors (Lipinski definition) is 6. The second kappa shape index (κ2) is 7.75. The van der Waals surface area contributed by atoms with E-state index in [1.54, 1.807) is 18.3 Å². The first-order chi connectivity index (χ1) is 14.1. The van der Waals surface area contributed by atoms with Crippen molar-refractivity contribution in [2.45, 2.75) is 6.92 Å². The number of hydrogen-bond donors (Lipinski definition) is 1. The van der Waals surface area contributed by atoms with Crippen LogP contribution >= 0.6 is 0 Å². The molecule has 0 bridgehead atoms. The average Bonchev–Trinajstić information content (AvgIpc) is 2.74. The van der Waals surface area contributed by atoms with Crippen LogP contribution in [-0.4, -0.2) is 40.7 Å². The lowest BCUT2D eigenvalue weighted by Gasteiger charge is -2.27. The van der Waals surface area contributed by atoms with Gasteiger partial charge in [0.2, 0.25) is 0 Å². The molecule has 0 fully saturated rings. The molecular weight excluding hydrogens is 362 g/mol. The molecule has 1 N–H and O–H groups in total. The van der Waals surface area contributed by atoms with E-state index >= 15 is 0 Å². The third kappa shape index (κ3) is 3.45. The first-order valence-corrected chi connectivity index (χ1v) is 9.55. The molecule has 29 heavy (non-hydrogen) atoms. The van der Waals surface area contributed by atoms with Crippen LogP contribution < -0.4 is 9.80 Å². The van der Waals surface area contributed by atoms with Gasteiger partial charge in [0, 0.05) is 32.2 Å². The summed E-state index contributed by atoms with van der Waals surface area (Å²) < 4.78 is 0. The zero-order chi connectivity index (χ0) is 20.4. The molecule has 6 nitrogen and oxygen atoms in total. The van der Waals surface area contributed by atoms with Crippen molar-refractivity contribution < 1.29 is 5.11 Å². The summed E-state index contributed by atoms with van der Waals surface area (Å²) in [7, 11) is 3.95. The number of pyridine rings is 1. The Morgan fingerprint density at radius 2 is 1.62 bits per heavy atom. The summed E-state index contributed by atoms with van der Waals surface area (Å²) in [6.07, 6.45) is 1.79. The lowest BCUT2D eigenvalue weighted by Crippen LogP contribution is -2.22. The Morgan fingerprint density at radius 3 is 2.38 bits per heavy atom. The maximum Gasteiger partial charge on any atom is 0.165 e. The summed E-state index contributed by atoms with van der Waals surface area (Å²) in [5.74, 6) is 2.30. The smallest absolute Gasteiger partial charge is 0.165 e. The first-order valence-electron chi connectivity index (χ1n) is 9.55. The molecule has 0 saturated heterocycles. The Labute approximate surface area is 170 Å². The number of phenols is 1. The summed E-state index contributed by atoms with van der Waals surface area (Å²) in [6.45, 7) is 2.79. The maximum atomic E-state index is 10.3. The number of benzene rings is 2. The molecule has 6 heteroatoms. The van der Waals surface area contributed by atoms with E-state index in [0.717, 1.165) is 28.2 Å². The predicted octanol–water partition coefficient (Wildman–Crippen LogP) is 4.62. The van der Waals surface area contributed by atoms with Gasteiger partial charge in [-0.1, -0.05) is 24.3 Å². The number of fused-ring (bicyclic) bond motifs is 1. The highest BCUT2D eigenvalue weighted by Gasteiger charge is 2.20. The topological polar surface area (TPSA) is 65.4 Å². The van der Waals surface area contributed by atoms with Crippen molar-refractivity contribution in [1.82, 2.24) is 15.0 Å². The molecule has 2 aromatic carbocycles. The molecule has 0 unspecified atom stereocenters. The van der Waals surface area contributed by atoms with Crippen LogP contribution in [0.25, 0.3) is 22.3 Å². The number of aromatic nitrogens is 3. The minimum Gasteiger partial charge on any atom is -0.507 e. The van der Waals surface area contributed by atoms with E-state index in [9.17, 15) is 5.11 Å². The molecule has 0 radical (unpaired) electrons. The van der Waals surface area contributed by atoms with Gasteiger partial charge in [-0.3, -0.25) is 0 Å². The number of rotatable bonds is 5. The van der Waals surface area contributed by atoms with Gasteiger partial charge in [-0.2, -0.15) is 0 Å². The molecule has 0 spiro atoms. The Kier molecular flexibility index (Phi) is 4.99. The van der Waals surface area contributed by atoms with Crippen molar-refractivity contribution in [1.29, 1.82) is 0 Å². The van der Waals surface area contributed by atoms with E-state index < -0.39 is 0 Å². The van der Waals surface area contributed by atoms with Crippen LogP contribution in [0.4, 0.5) is 17.3 Å². The van der Waals surface area contributed by atoms with Gasteiger partial charge >= 0.3 is 0 Å². The second-order valence-corrected chi connectivity index (χ2v) is 6.89. The summed E-state index contributed by atoms with van der Waals surface area (Å²) in [5.41, 5.74) is 2.39. The van der Waals surface area contributed by atoms with Crippen LogP contribution in [0, 0.1) is 0 Å². The molecule has 2 aromatic heterocycles. The fourth-order valence-electron chi connectivity index (χ4n) is 3.43. The molecule has 4 rings (SSSR count). The van der Waals surface area contributed by atoms with Crippen molar-refractivity contribution in [3.8, 4) is 17.1 Å². The number of nitrogens with zero attached hydrogens (tertiary/aromatic N) is 5. The molecule has 0 amide bonds. The molecule has 0 aliphatic rings. The molecule has 0 aliphatic carbocycles. The molecule has 0 aliphatic heterocycles. The first kappa shape index (κ1) is 18.7. The van der Waals surface area contributed by atoms with Crippen molar-refractivity contribution in [3.63, 3.8) is 0 Å². The standard InChI is InChI=1S/C23H23N5O/c1-4-28(19-13-9-15-24-23(19)27(2)3)22-16-10-5-7-12-18(16)25-21(26-22)17-11-6-8-14-20(17)29/h5-15,29H,4H2,1-3H3. The van der Waals surface area contributed by atoms with Gasteiger partial charge in [-0.15, -0.1) is 0 Å². The van der Waals surface area contributed by atoms with Crippen molar-refractivity contribution >= 4 is 28.2 Å². The van der Waals surface area contributed by atoms with Gasteiger partial charge in [-0.25, -0.2) is 15.0 Å². The van der Waals surface area contributed by atoms with E-state index in [0.29, 0.717) is 17.9 Å². The van der Waals surface area contributed by atoms with Gasteiger partial charge in [-0.05, 0) is 43.3 Å². The van der Waals surface area contributed by atoms with Crippen LogP contribution in [0.15, 0.2) is 66.9 Å². The molecular formula is C23H23N5O. The Balaban J connectivity index is 1.98. The van der Waals surface area contributed by atoms with E-state index in [1.165, 1.54) is 0 Å².